The molecule has 0 saturated heterocycles. The van der Waals surface area contributed by atoms with E-state index in [9.17, 15) is 18.0 Å². The Hall–Kier alpha value is -2.15. The van der Waals surface area contributed by atoms with Crippen molar-refractivity contribution in [2.75, 3.05) is 5.75 Å². The first-order valence-electron chi connectivity index (χ1n) is 7.24. The van der Waals surface area contributed by atoms with Crippen molar-refractivity contribution in [1.82, 2.24) is 5.32 Å². The van der Waals surface area contributed by atoms with Crippen LogP contribution in [0.4, 0.5) is 13.2 Å². The van der Waals surface area contributed by atoms with Crippen molar-refractivity contribution in [1.29, 1.82) is 0 Å². The maximum atomic E-state index is 12.4. The number of ether oxygens (including phenoxy) is 1. The number of nitrogens with one attached hydrogen (secondary N) is 1. The van der Waals surface area contributed by atoms with Gasteiger partial charge in [-0.2, -0.15) is 0 Å². The first kappa shape index (κ1) is 18.2. The molecule has 0 saturated carbocycles. The second-order valence-corrected chi connectivity index (χ2v) is 6.07. The van der Waals surface area contributed by atoms with E-state index in [-0.39, 0.29) is 23.8 Å². The summed E-state index contributed by atoms with van der Waals surface area (Å²) in [5, 5.41) is 2.64. The van der Waals surface area contributed by atoms with Crippen LogP contribution in [0.2, 0.25) is 0 Å². The highest BCUT2D eigenvalue weighted by atomic mass is 32.2. The summed E-state index contributed by atoms with van der Waals surface area (Å²) in [6.07, 6.45) is -4.77. The normalized spacial score (nSPS) is 11.2. The molecule has 1 amide bonds. The summed E-state index contributed by atoms with van der Waals surface area (Å²) in [6.45, 7) is 1.92. The zero-order chi connectivity index (χ0) is 17.6. The van der Waals surface area contributed by atoms with Gasteiger partial charge in [0.25, 0.3) is 5.91 Å². The second-order valence-electron chi connectivity index (χ2n) is 4.77. The smallest absolute Gasteiger partial charge is 0.405 e. The molecular weight excluding hydrogens is 339 g/mol. The highest BCUT2D eigenvalue weighted by Gasteiger charge is 2.32. The molecule has 2 aromatic carbocycles. The maximum absolute atomic E-state index is 12.4. The maximum Gasteiger partial charge on any atom is 0.573 e. The molecule has 128 valence electrons. The van der Waals surface area contributed by atoms with Gasteiger partial charge in [0.2, 0.25) is 0 Å². The molecule has 3 nitrogen and oxygen atoms in total. The number of benzene rings is 2. The van der Waals surface area contributed by atoms with E-state index >= 15 is 0 Å². The van der Waals surface area contributed by atoms with Gasteiger partial charge in [-0.3, -0.25) is 4.79 Å². The number of hydrogen-bond donors (Lipinski definition) is 1. The number of halogens is 3. The predicted octanol–water partition coefficient (Wildman–Crippen LogP) is 4.63. The number of hydrogen-bond acceptors (Lipinski definition) is 3. The fourth-order valence-electron chi connectivity index (χ4n) is 2.08. The Bertz CT molecular complexity index is 704. The molecule has 0 spiro atoms. The van der Waals surface area contributed by atoms with Gasteiger partial charge in [-0.05, 0) is 24.0 Å². The minimum absolute atomic E-state index is 0.0593. The molecule has 0 aliphatic heterocycles. The molecule has 0 unspecified atom stereocenters. The molecule has 0 aliphatic carbocycles. The van der Waals surface area contributed by atoms with Gasteiger partial charge in [0, 0.05) is 17.0 Å². The molecule has 0 radical (unpaired) electrons. The van der Waals surface area contributed by atoms with Crippen LogP contribution >= 0.6 is 11.8 Å². The van der Waals surface area contributed by atoms with Crippen LogP contribution in [-0.2, 0) is 6.54 Å². The lowest BCUT2D eigenvalue weighted by atomic mass is 10.1. The van der Waals surface area contributed by atoms with E-state index in [1.54, 1.807) is 18.2 Å². The molecule has 7 heteroatoms. The minimum Gasteiger partial charge on any atom is -0.405 e. The van der Waals surface area contributed by atoms with Gasteiger partial charge in [-0.15, -0.1) is 24.9 Å². The summed E-state index contributed by atoms with van der Waals surface area (Å²) < 4.78 is 41.2. The van der Waals surface area contributed by atoms with Crippen LogP contribution < -0.4 is 10.1 Å². The van der Waals surface area contributed by atoms with Crippen molar-refractivity contribution < 1.29 is 22.7 Å². The van der Waals surface area contributed by atoms with Crippen molar-refractivity contribution in [3.05, 3.63) is 59.7 Å². The molecule has 0 aromatic heterocycles. The summed E-state index contributed by atoms with van der Waals surface area (Å²) in [6, 6.07) is 12.8. The molecule has 0 fully saturated rings. The summed E-state index contributed by atoms with van der Waals surface area (Å²) in [7, 11) is 0. The Morgan fingerprint density at radius 2 is 1.79 bits per heavy atom. The van der Waals surface area contributed by atoms with Crippen LogP contribution in [0.3, 0.4) is 0 Å². The molecule has 24 heavy (non-hydrogen) atoms. The predicted molar refractivity (Wildman–Crippen MR) is 87.1 cm³/mol. The third kappa shape index (κ3) is 5.19. The third-order valence-corrected chi connectivity index (χ3v) is 4.02. The summed E-state index contributed by atoms with van der Waals surface area (Å²) >= 11 is 1.53. The van der Waals surface area contributed by atoms with Gasteiger partial charge < -0.3 is 10.1 Å². The van der Waals surface area contributed by atoms with Crippen molar-refractivity contribution in [3.63, 3.8) is 0 Å². The molecule has 1 N–H and O–H groups in total. The lowest BCUT2D eigenvalue weighted by Gasteiger charge is -2.14. The van der Waals surface area contributed by atoms with Crippen LogP contribution in [-0.4, -0.2) is 18.0 Å². The first-order valence-corrected chi connectivity index (χ1v) is 8.23. The summed E-state index contributed by atoms with van der Waals surface area (Å²) in [5.41, 5.74) is 0.752. The highest BCUT2D eigenvalue weighted by molar-refractivity contribution is 7.99. The Labute approximate surface area is 142 Å². The van der Waals surface area contributed by atoms with E-state index in [0.717, 1.165) is 10.6 Å². The van der Waals surface area contributed by atoms with E-state index in [2.05, 4.69) is 10.1 Å². The van der Waals surface area contributed by atoms with Gasteiger partial charge in [-0.1, -0.05) is 37.3 Å². The quantitative estimate of drug-likeness (QED) is 0.768. The third-order valence-electron chi connectivity index (χ3n) is 3.07. The van der Waals surface area contributed by atoms with Crippen molar-refractivity contribution >= 4 is 17.7 Å². The van der Waals surface area contributed by atoms with Gasteiger partial charge in [0.15, 0.2) is 0 Å². The molecule has 0 atom stereocenters. The summed E-state index contributed by atoms with van der Waals surface area (Å²) in [5.74, 6) is 0.155. The topological polar surface area (TPSA) is 38.3 Å². The number of carbonyl (C=O) groups is 1. The fraction of sp³-hybridized carbons (Fsp3) is 0.235. The Morgan fingerprint density at radius 1 is 1.12 bits per heavy atom. The highest BCUT2D eigenvalue weighted by Crippen LogP contribution is 2.26. The molecule has 2 aromatic rings. The molecule has 2 rings (SSSR count). The Kier molecular flexibility index (Phi) is 6.14. The van der Waals surface area contributed by atoms with Crippen molar-refractivity contribution in [3.8, 4) is 5.75 Å². The average molecular weight is 355 g/mol. The lowest BCUT2D eigenvalue weighted by Crippen LogP contribution is -2.25. The number of amides is 1. The first-order chi connectivity index (χ1) is 11.4. The van der Waals surface area contributed by atoms with E-state index in [0.29, 0.717) is 5.56 Å². The zero-order valence-electron chi connectivity index (χ0n) is 12.9. The zero-order valence-corrected chi connectivity index (χ0v) is 13.7. The van der Waals surface area contributed by atoms with E-state index in [4.69, 9.17) is 0 Å². The lowest BCUT2D eigenvalue weighted by molar-refractivity contribution is -0.274. The van der Waals surface area contributed by atoms with Gasteiger partial charge >= 0.3 is 6.36 Å². The Balaban J connectivity index is 2.10. The molecule has 0 bridgehead atoms. The minimum atomic E-state index is -4.77. The largest absolute Gasteiger partial charge is 0.573 e. The van der Waals surface area contributed by atoms with Crippen LogP contribution in [0.5, 0.6) is 5.75 Å². The number of thioether (sulfide) groups is 1. The second kappa shape index (κ2) is 8.10. The van der Waals surface area contributed by atoms with Gasteiger partial charge in [0.05, 0.1) is 5.56 Å². The van der Waals surface area contributed by atoms with Crippen LogP contribution in [0.25, 0.3) is 0 Å². The number of alkyl halides is 3. The Morgan fingerprint density at radius 3 is 2.50 bits per heavy atom. The number of carbonyl (C=O) groups excluding carboxylic acids is 1. The monoisotopic (exact) mass is 355 g/mol. The standard InChI is InChI=1S/C17H16F3NO2S/c1-2-24-15-10-6-4-8-13(15)16(22)21-11-12-7-3-5-9-14(12)23-17(18,19)20/h3-10H,2,11H2,1H3,(H,21,22). The van der Waals surface area contributed by atoms with E-state index in [1.165, 1.54) is 30.0 Å². The number of para-hydroxylation sites is 1. The molecule has 0 aliphatic rings. The van der Waals surface area contributed by atoms with Crippen molar-refractivity contribution in [2.45, 2.75) is 24.7 Å². The SMILES string of the molecule is CCSc1ccccc1C(=O)NCc1ccccc1OC(F)(F)F. The van der Waals surface area contributed by atoms with Gasteiger partial charge in [0.1, 0.15) is 5.75 Å². The van der Waals surface area contributed by atoms with E-state index in [1.807, 2.05) is 19.1 Å². The summed E-state index contributed by atoms with van der Waals surface area (Å²) in [4.78, 5) is 13.2. The van der Waals surface area contributed by atoms with E-state index < -0.39 is 6.36 Å². The fourth-order valence-corrected chi connectivity index (χ4v) is 2.88. The van der Waals surface area contributed by atoms with Crippen molar-refractivity contribution in [2.24, 2.45) is 0 Å². The van der Waals surface area contributed by atoms with Gasteiger partial charge in [-0.25, -0.2) is 0 Å². The van der Waals surface area contributed by atoms with Crippen LogP contribution in [0.15, 0.2) is 53.4 Å². The molecule has 0 heterocycles. The number of rotatable bonds is 6. The van der Waals surface area contributed by atoms with Crippen LogP contribution in [0, 0.1) is 0 Å². The van der Waals surface area contributed by atoms with Crippen LogP contribution in [0.1, 0.15) is 22.8 Å². The average Bonchev–Trinajstić information content (AvgIpc) is 2.53. The molecular formula is C17H16F3NO2S.